The van der Waals surface area contributed by atoms with Gasteiger partial charge >= 0.3 is 0 Å². The molecule has 0 saturated heterocycles. The van der Waals surface area contributed by atoms with E-state index in [1.807, 2.05) is 0 Å². The fourth-order valence-electron chi connectivity index (χ4n) is 12.2. The standard InChI is InChI=1S/C54H53N/c1-53(2)50-16-10-9-15-47(50)52-48(41-20-18-39(19-21-41)37-11-5-3-6-12-37)32-46(33-51(52)53)55(44-26-22-40(23-27-44)38-13-7-4-8-14-38)45-28-24-42(25-29-45)49-30-17-36-31-43-35-54(43,49)34-36/h3,5-6,9-12,15-16,18-29,32-33,36,38,43,49H,4,7-8,13-14,17,30-31,34-35H2,1-2H3. The molecule has 5 aliphatic carbocycles. The van der Waals surface area contributed by atoms with Crippen molar-refractivity contribution in [2.24, 2.45) is 17.3 Å². The number of nitrogens with zero attached hydrogens (tertiary/aromatic N) is 1. The normalized spacial score (nSPS) is 24.5. The summed E-state index contributed by atoms with van der Waals surface area (Å²) in [5.41, 5.74) is 17.9. The zero-order valence-electron chi connectivity index (χ0n) is 32.6. The molecule has 6 aromatic carbocycles. The second kappa shape index (κ2) is 12.8. The van der Waals surface area contributed by atoms with E-state index in [9.17, 15) is 0 Å². The summed E-state index contributed by atoms with van der Waals surface area (Å²) in [5.74, 6) is 3.41. The molecule has 0 heterocycles. The largest absolute Gasteiger partial charge is 0.310 e. The summed E-state index contributed by atoms with van der Waals surface area (Å²) < 4.78 is 0. The molecule has 4 fully saturated rings. The lowest BCUT2D eigenvalue weighted by Crippen LogP contribution is -2.21. The van der Waals surface area contributed by atoms with Crippen LogP contribution in [-0.2, 0) is 5.41 Å². The summed E-state index contributed by atoms with van der Waals surface area (Å²) in [6, 6.07) is 53.8. The maximum atomic E-state index is 2.56. The second-order valence-corrected chi connectivity index (χ2v) is 18.5. The van der Waals surface area contributed by atoms with E-state index in [-0.39, 0.29) is 5.41 Å². The molecular formula is C54H53N. The number of rotatable bonds is 7. The topological polar surface area (TPSA) is 3.24 Å². The Morgan fingerprint density at radius 2 is 1.16 bits per heavy atom. The molecule has 6 aromatic rings. The van der Waals surface area contributed by atoms with Gasteiger partial charge in [0.2, 0.25) is 0 Å². The molecule has 2 bridgehead atoms. The van der Waals surface area contributed by atoms with Crippen molar-refractivity contribution in [1.29, 1.82) is 0 Å². The minimum absolute atomic E-state index is 0.124. The fourth-order valence-corrected chi connectivity index (χ4v) is 12.2. The van der Waals surface area contributed by atoms with Crippen LogP contribution in [0.4, 0.5) is 17.1 Å². The SMILES string of the molecule is CC1(C)c2ccccc2-c2c(-c3ccc(-c4ccccc4)cc3)cc(N(c3ccc(C4CCCCC4)cc3)c3ccc(C4CCC5CC6CC64C5)cc3)cc21. The van der Waals surface area contributed by atoms with Gasteiger partial charge in [0.15, 0.2) is 0 Å². The van der Waals surface area contributed by atoms with E-state index in [4.69, 9.17) is 0 Å². The average molecular weight is 716 g/mol. The highest BCUT2D eigenvalue weighted by molar-refractivity contribution is 5.96. The van der Waals surface area contributed by atoms with E-state index < -0.39 is 0 Å². The first-order valence-electron chi connectivity index (χ1n) is 21.4. The molecule has 1 heteroatoms. The highest BCUT2D eigenvalue weighted by Gasteiger charge is 2.65. The maximum Gasteiger partial charge on any atom is 0.0471 e. The van der Waals surface area contributed by atoms with Crippen LogP contribution < -0.4 is 4.90 Å². The highest BCUT2D eigenvalue weighted by atomic mass is 15.1. The van der Waals surface area contributed by atoms with Crippen LogP contribution >= 0.6 is 0 Å². The number of anilines is 3. The molecular weight excluding hydrogens is 663 g/mol. The zero-order chi connectivity index (χ0) is 36.7. The van der Waals surface area contributed by atoms with Gasteiger partial charge in [-0.3, -0.25) is 0 Å². The first-order chi connectivity index (χ1) is 27.0. The van der Waals surface area contributed by atoms with Crippen molar-refractivity contribution in [3.8, 4) is 33.4 Å². The van der Waals surface area contributed by atoms with Gasteiger partial charge in [0.05, 0.1) is 0 Å². The first-order valence-corrected chi connectivity index (χ1v) is 21.4. The molecule has 1 nitrogen and oxygen atoms in total. The monoisotopic (exact) mass is 715 g/mol. The van der Waals surface area contributed by atoms with Crippen LogP contribution in [0.1, 0.15) is 112 Å². The van der Waals surface area contributed by atoms with E-state index in [0.29, 0.717) is 11.3 Å². The van der Waals surface area contributed by atoms with E-state index >= 15 is 0 Å². The van der Waals surface area contributed by atoms with Crippen molar-refractivity contribution in [3.63, 3.8) is 0 Å². The molecule has 5 aliphatic rings. The minimum Gasteiger partial charge on any atom is -0.310 e. The van der Waals surface area contributed by atoms with Crippen LogP contribution in [0.15, 0.2) is 140 Å². The average Bonchev–Trinajstić information content (AvgIpc) is 3.74. The van der Waals surface area contributed by atoms with Crippen molar-refractivity contribution in [1.82, 2.24) is 0 Å². The molecule has 0 N–H and O–H groups in total. The number of benzene rings is 6. The highest BCUT2D eigenvalue weighted by Crippen LogP contribution is 2.75. The minimum atomic E-state index is -0.124. The predicted octanol–water partition coefficient (Wildman–Crippen LogP) is 15.1. The third-order valence-corrected chi connectivity index (χ3v) is 15.1. The molecule has 11 rings (SSSR count). The Hall–Kier alpha value is -4.88. The number of hydrogen-bond acceptors (Lipinski definition) is 1. The van der Waals surface area contributed by atoms with Crippen LogP contribution in [0.2, 0.25) is 0 Å². The van der Waals surface area contributed by atoms with Gasteiger partial charge in [-0.1, -0.05) is 136 Å². The van der Waals surface area contributed by atoms with Gasteiger partial charge in [0.1, 0.15) is 0 Å². The van der Waals surface area contributed by atoms with Crippen molar-refractivity contribution < 1.29 is 0 Å². The molecule has 4 saturated carbocycles. The Morgan fingerprint density at radius 1 is 0.509 bits per heavy atom. The van der Waals surface area contributed by atoms with E-state index in [1.165, 1.54) is 131 Å². The molecule has 0 aliphatic heterocycles. The Morgan fingerprint density at radius 3 is 1.91 bits per heavy atom. The lowest BCUT2D eigenvalue weighted by Gasteiger charge is -2.34. The Kier molecular flexibility index (Phi) is 7.81. The summed E-state index contributed by atoms with van der Waals surface area (Å²) in [6.45, 7) is 4.84. The third-order valence-electron chi connectivity index (χ3n) is 15.1. The van der Waals surface area contributed by atoms with Crippen molar-refractivity contribution >= 4 is 17.1 Å². The summed E-state index contributed by atoms with van der Waals surface area (Å²) in [6.07, 6.45) is 14.0. The van der Waals surface area contributed by atoms with Gasteiger partial charge in [-0.15, -0.1) is 0 Å². The Balaban J connectivity index is 1.06. The van der Waals surface area contributed by atoms with Crippen LogP contribution in [0.5, 0.6) is 0 Å². The summed E-state index contributed by atoms with van der Waals surface area (Å²) in [5, 5.41) is 0. The molecule has 0 aromatic heterocycles. The molecule has 274 valence electrons. The molecule has 0 radical (unpaired) electrons. The molecule has 55 heavy (non-hydrogen) atoms. The van der Waals surface area contributed by atoms with Crippen LogP contribution in [0, 0.1) is 17.3 Å². The van der Waals surface area contributed by atoms with Crippen molar-refractivity contribution in [2.45, 2.75) is 95.3 Å². The van der Waals surface area contributed by atoms with Gasteiger partial charge in [0.25, 0.3) is 0 Å². The summed E-state index contributed by atoms with van der Waals surface area (Å²) in [7, 11) is 0. The van der Waals surface area contributed by atoms with Crippen LogP contribution in [-0.4, -0.2) is 0 Å². The van der Waals surface area contributed by atoms with Crippen molar-refractivity contribution in [3.05, 3.63) is 162 Å². The Bertz CT molecular complexity index is 2360. The van der Waals surface area contributed by atoms with Gasteiger partial charge in [-0.05, 0) is 166 Å². The lowest BCUT2D eigenvalue weighted by atomic mass is 9.72. The number of hydrogen-bond donors (Lipinski definition) is 0. The van der Waals surface area contributed by atoms with E-state index in [1.54, 1.807) is 5.56 Å². The van der Waals surface area contributed by atoms with Crippen LogP contribution in [0.3, 0.4) is 0 Å². The maximum absolute atomic E-state index is 2.56. The lowest BCUT2D eigenvalue weighted by molar-refractivity contribution is 0.257. The molecule has 0 amide bonds. The third kappa shape index (κ3) is 5.48. The number of fused-ring (bicyclic) bond motifs is 4. The summed E-state index contributed by atoms with van der Waals surface area (Å²) in [4.78, 5) is 2.56. The van der Waals surface area contributed by atoms with Crippen molar-refractivity contribution in [2.75, 3.05) is 4.90 Å². The van der Waals surface area contributed by atoms with E-state index in [0.717, 1.165) is 17.8 Å². The van der Waals surface area contributed by atoms with Crippen LogP contribution in [0.25, 0.3) is 33.4 Å². The van der Waals surface area contributed by atoms with Gasteiger partial charge in [0, 0.05) is 22.5 Å². The predicted molar refractivity (Wildman–Crippen MR) is 231 cm³/mol. The second-order valence-electron chi connectivity index (χ2n) is 18.5. The molecule has 1 spiro atoms. The zero-order valence-corrected chi connectivity index (χ0v) is 32.6. The Labute approximate surface area is 328 Å². The van der Waals surface area contributed by atoms with Gasteiger partial charge in [-0.2, -0.15) is 0 Å². The van der Waals surface area contributed by atoms with Gasteiger partial charge in [-0.25, -0.2) is 0 Å². The summed E-state index contributed by atoms with van der Waals surface area (Å²) >= 11 is 0. The fraction of sp³-hybridized carbons (Fsp3) is 0.333. The quantitative estimate of drug-likeness (QED) is 0.159. The molecule has 4 unspecified atom stereocenters. The van der Waals surface area contributed by atoms with Gasteiger partial charge < -0.3 is 4.90 Å². The first kappa shape index (κ1) is 33.5. The molecule has 4 atom stereocenters. The van der Waals surface area contributed by atoms with E-state index in [2.05, 4.69) is 158 Å². The smallest absolute Gasteiger partial charge is 0.0471 e.